The molecule has 1 aromatic heterocycles. The number of pyridine rings is 1. The van der Waals surface area contributed by atoms with Crippen LogP contribution in [0.2, 0.25) is 0 Å². The van der Waals surface area contributed by atoms with Crippen molar-refractivity contribution in [1.82, 2.24) is 9.88 Å². The van der Waals surface area contributed by atoms with Crippen LogP contribution in [0, 0.1) is 5.92 Å². The van der Waals surface area contributed by atoms with E-state index in [1.54, 1.807) is 0 Å². The van der Waals surface area contributed by atoms with E-state index >= 15 is 0 Å². The number of nitrogens with zero attached hydrogens (tertiary/aromatic N) is 2. The molecule has 2 heterocycles. The molecule has 3 rings (SSSR count). The van der Waals surface area contributed by atoms with Crippen LogP contribution in [0.15, 0.2) is 36.5 Å². The largest absolute Gasteiger partial charge is 0.330 e. The molecular weight excluding hydrogens is 234 g/mol. The lowest BCUT2D eigenvalue weighted by molar-refractivity contribution is 0.243. The van der Waals surface area contributed by atoms with Gasteiger partial charge in [-0.05, 0) is 43.6 Å². The molecule has 2 N–H and O–H groups in total. The third-order valence-corrected chi connectivity index (χ3v) is 4.32. The van der Waals surface area contributed by atoms with Gasteiger partial charge in [0.25, 0.3) is 0 Å². The van der Waals surface area contributed by atoms with Gasteiger partial charge in [0.2, 0.25) is 0 Å². The summed E-state index contributed by atoms with van der Waals surface area (Å²) in [6.07, 6.45) is 3.08. The van der Waals surface area contributed by atoms with Crippen molar-refractivity contribution in [3.8, 4) is 0 Å². The summed E-state index contributed by atoms with van der Waals surface area (Å²) < 4.78 is 0. The zero-order valence-electron chi connectivity index (χ0n) is 11.4. The molecule has 1 fully saturated rings. The second kappa shape index (κ2) is 5.27. The zero-order valence-corrected chi connectivity index (χ0v) is 11.4. The van der Waals surface area contributed by atoms with Gasteiger partial charge in [-0.2, -0.15) is 0 Å². The highest BCUT2D eigenvalue weighted by Gasteiger charge is 2.34. The lowest BCUT2D eigenvalue weighted by Gasteiger charge is -2.27. The molecule has 0 aliphatic carbocycles. The van der Waals surface area contributed by atoms with Crippen LogP contribution in [0.3, 0.4) is 0 Å². The van der Waals surface area contributed by atoms with Crippen molar-refractivity contribution in [2.45, 2.75) is 19.4 Å². The molecule has 2 atom stereocenters. The summed E-state index contributed by atoms with van der Waals surface area (Å²) in [6, 6.07) is 11.0. The number of benzene rings is 1. The first-order valence-electron chi connectivity index (χ1n) is 7.13. The van der Waals surface area contributed by atoms with Gasteiger partial charge in [-0.1, -0.05) is 31.2 Å². The van der Waals surface area contributed by atoms with Crippen LogP contribution in [-0.2, 0) is 0 Å². The van der Waals surface area contributed by atoms with E-state index in [-0.39, 0.29) is 0 Å². The van der Waals surface area contributed by atoms with Crippen molar-refractivity contribution in [2.24, 2.45) is 11.7 Å². The van der Waals surface area contributed by atoms with Gasteiger partial charge in [0.05, 0.1) is 5.52 Å². The first-order valence-corrected chi connectivity index (χ1v) is 7.13. The van der Waals surface area contributed by atoms with E-state index in [0.717, 1.165) is 25.2 Å². The first-order chi connectivity index (χ1) is 9.35. The van der Waals surface area contributed by atoms with Gasteiger partial charge < -0.3 is 5.73 Å². The summed E-state index contributed by atoms with van der Waals surface area (Å²) in [4.78, 5) is 7.12. The van der Waals surface area contributed by atoms with Crippen molar-refractivity contribution in [1.29, 1.82) is 0 Å². The van der Waals surface area contributed by atoms with Crippen molar-refractivity contribution in [2.75, 3.05) is 19.6 Å². The topological polar surface area (TPSA) is 42.1 Å². The molecule has 0 spiro atoms. The first kappa shape index (κ1) is 12.6. The van der Waals surface area contributed by atoms with Gasteiger partial charge >= 0.3 is 0 Å². The lowest BCUT2D eigenvalue weighted by Crippen LogP contribution is -2.28. The normalized spacial score (nSPS) is 24.1. The number of likely N-dealkylation sites (tertiary alicyclic amines) is 1. The lowest BCUT2D eigenvalue weighted by atomic mass is 9.92. The highest BCUT2D eigenvalue weighted by Crippen LogP contribution is 2.38. The second-order valence-corrected chi connectivity index (χ2v) is 5.28. The van der Waals surface area contributed by atoms with E-state index in [0.29, 0.717) is 12.0 Å². The standard InChI is InChI=1S/C16H21N3/c1-2-19-10-8-13(11-17)16(19)14-7-3-5-12-6-4-9-18-15(12)14/h3-7,9,13,16H,2,8,10-11,17H2,1H3. The highest BCUT2D eigenvalue weighted by molar-refractivity contribution is 5.82. The van der Waals surface area contributed by atoms with Crippen molar-refractivity contribution >= 4 is 10.9 Å². The third-order valence-electron chi connectivity index (χ3n) is 4.32. The predicted octanol–water partition coefficient (Wildman–Crippen LogP) is 2.58. The maximum absolute atomic E-state index is 5.98. The smallest absolute Gasteiger partial charge is 0.0749 e. The van der Waals surface area contributed by atoms with Gasteiger partial charge in [-0.15, -0.1) is 0 Å². The van der Waals surface area contributed by atoms with Crippen molar-refractivity contribution in [3.05, 3.63) is 42.1 Å². The molecule has 1 aliphatic rings. The maximum atomic E-state index is 5.98. The molecule has 1 aromatic carbocycles. The van der Waals surface area contributed by atoms with E-state index in [4.69, 9.17) is 5.73 Å². The van der Waals surface area contributed by atoms with Gasteiger partial charge in [-0.3, -0.25) is 9.88 Å². The highest BCUT2D eigenvalue weighted by atomic mass is 15.2. The van der Waals surface area contributed by atoms with Gasteiger partial charge in [0.1, 0.15) is 0 Å². The Kier molecular flexibility index (Phi) is 3.49. The SMILES string of the molecule is CCN1CCC(CN)C1c1cccc2cccnc12. The Morgan fingerprint density at radius 2 is 2.16 bits per heavy atom. The number of aromatic nitrogens is 1. The number of hydrogen-bond acceptors (Lipinski definition) is 3. The average molecular weight is 255 g/mol. The summed E-state index contributed by atoms with van der Waals surface area (Å²) in [5.41, 5.74) is 8.45. The molecule has 2 aromatic rings. The van der Waals surface area contributed by atoms with E-state index in [2.05, 4.69) is 41.1 Å². The van der Waals surface area contributed by atoms with E-state index in [1.807, 2.05) is 12.3 Å². The fourth-order valence-corrected chi connectivity index (χ4v) is 3.35. The molecule has 2 unspecified atom stereocenters. The summed E-state index contributed by atoms with van der Waals surface area (Å²) in [5.74, 6) is 0.549. The average Bonchev–Trinajstić information content (AvgIpc) is 2.89. The van der Waals surface area contributed by atoms with Gasteiger partial charge in [0, 0.05) is 17.6 Å². The number of hydrogen-bond donors (Lipinski definition) is 1. The second-order valence-electron chi connectivity index (χ2n) is 5.28. The minimum Gasteiger partial charge on any atom is -0.330 e. The van der Waals surface area contributed by atoms with Crippen molar-refractivity contribution in [3.63, 3.8) is 0 Å². The monoisotopic (exact) mass is 255 g/mol. The number of fused-ring (bicyclic) bond motifs is 1. The summed E-state index contributed by atoms with van der Waals surface area (Å²) in [5, 5.41) is 1.22. The van der Waals surface area contributed by atoms with Gasteiger partial charge in [0.15, 0.2) is 0 Å². The predicted molar refractivity (Wildman–Crippen MR) is 78.9 cm³/mol. The fourth-order valence-electron chi connectivity index (χ4n) is 3.35. The summed E-state index contributed by atoms with van der Waals surface area (Å²) in [7, 11) is 0. The minimum absolute atomic E-state index is 0.425. The van der Waals surface area contributed by atoms with Crippen LogP contribution in [0.25, 0.3) is 10.9 Å². The number of para-hydroxylation sites is 1. The molecule has 100 valence electrons. The molecule has 0 bridgehead atoms. The molecule has 0 radical (unpaired) electrons. The van der Waals surface area contributed by atoms with Crippen LogP contribution < -0.4 is 5.73 Å². The van der Waals surface area contributed by atoms with E-state index in [9.17, 15) is 0 Å². The Balaban J connectivity index is 2.11. The number of nitrogens with two attached hydrogens (primary N) is 1. The van der Waals surface area contributed by atoms with E-state index in [1.165, 1.54) is 17.4 Å². The Morgan fingerprint density at radius 1 is 1.32 bits per heavy atom. The molecule has 3 nitrogen and oxygen atoms in total. The molecule has 3 heteroatoms. The summed E-state index contributed by atoms with van der Waals surface area (Å²) in [6.45, 7) is 5.20. The molecule has 1 saturated heterocycles. The summed E-state index contributed by atoms with van der Waals surface area (Å²) >= 11 is 0. The number of rotatable bonds is 3. The van der Waals surface area contributed by atoms with Crippen LogP contribution in [0.4, 0.5) is 0 Å². The van der Waals surface area contributed by atoms with Gasteiger partial charge in [-0.25, -0.2) is 0 Å². The molecule has 0 saturated carbocycles. The maximum Gasteiger partial charge on any atom is 0.0749 e. The fraction of sp³-hybridized carbons (Fsp3) is 0.438. The molecule has 1 aliphatic heterocycles. The van der Waals surface area contributed by atoms with Crippen LogP contribution in [0.5, 0.6) is 0 Å². The Morgan fingerprint density at radius 3 is 2.95 bits per heavy atom. The molecular formula is C16H21N3. The zero-order chi connectivity index (χ0) is 13.2. The van der Waals surface area contributed by atoms with E-state index < -0.39 is 0 Å². The van der Waals surface area contributed by atoms with Crippen molar-refractivity contribution < 1.29 is 0 Å². The van der Waals surface area contributed by atoms with Crippen LogP contribution in [-0.4, -0.2) is 29.5 Å². The molecule has 19 heavy (non-hydrogen) atoms. The molecule has 0 amide bonds. The third kappa shape index (κ3) is 2.13. The quantitative estimate of drug-likeness (QED) is 0.916. The Hall–Kier alpha value is -1.45. The Labute approximate surface area is 114 Å². The van der Waals surface area contributed by atoms with Crippen LogP contribution >= 0.6 is 0 Å². The van der Waals surface area contributed by atoms with Crippen LogP contribution in [0.1, 0.15) is 24.9 Å². The Bertz CT molecular complexity index is 549. The minimum atomic E-state index is 0.425.